The summed E-state index contributed by atoms with van der Waals surface area (Å²) in [6, 6.07) is 11.4. The molecule has 1 aliphatic carbocycles. The topological polar surface area (TPSA) is 41.1 Å². The molecule has 1 fully saturated rings. The number of nitrogens with zero attached hydrogens (tertiary/aromatic N) is 3. The maximum absolute atomic E-state index is 4.86. The minimum absolute atomic E-state index is 0.118. The SMILES string of the molecule is Cc1cc(N2Cc3ccccc3C(C)(C)C2)nc(NC2CCCC2)n1. The Balaban J connectivity index is 1.62. The smallest absolute Gasteiger partial charge is 0.225 e. The van der Waals surface area contributed by atoms with Crippen molar-refractivity contribution in [3.8, 4) is 0 Å². The van der Waals surface area contributed by atoms with Gasteiger partial charge in [-0.1, -0.05) is 51.0 Å². The molecule has 132 valence electrons. The van der Waals surface area contributed by atoms with Crippen LogP contribution in [0.15, 0.2) is 30.3 Å². The van der Waals surface area contributed by atoms with Gasteiger partial charge in [-0.15, -0.1) is 0 Å². The first-order valence-electron chi connectivity index (χ1n) is 9.47. The third-order valence-corrected chi connectivity index (χ3v) is 5.55. The summed E-state index contributed by atoms with van der Waals surface area (Å²) >= 11 is 0. The lowest BCUT2D eigenvalue weighted by atomic mass is 9.78. The fraction of sp³-hybridized carbons (Fsp3) is 0.524. The molecule has 1 aromatic heterocycles. The summed E-state index contributed by atoms with van der Waals surface area (Å²) in [5, 5.41) is 3.55. The van der Waals surface area contributed by atoms with Crippen molar-refractivity contribution in [3.63, 3.8) is 0 Å². The number of anilines is 2. The van der Waals surface area contributed by atoms with Crippen LogP contribution in [0.4, 0.5) is 11.8 Å². The van der Waals surface area contributed by atoms with Crippen molar-refractivity contribution in [3.05, 3.63) is 47.2 Å². The van der Waals surface area contributed by atoms with Crippen LogP contribution in [0.25, 0.3) is 0 Å². The van der Waals surface area contributed by atoms with Gasteiger partial charge in [-0.05, 0) is 30.9 Å². The summed E-state index contributed by atoms with van der Waals surface area (Å²) in [7, 11) is 0. The number of hydrogen-bond donors (Lipinski definition) is 1. The molecule has 4 heteroatoms. The zero-order valence-electron chi connectivity index (χ0n) is 15.5. The number of rotatable bonds is 3. The van der Waals surface area contributed by atoms with Crippen molar-refractivity contribution >= 4 is 11.8 Å². The van der Waals surface area contributed by atoms with Gasteiger partial charge in [0.15, 0.2) is 0 Å². The lowest BCUT2D eigenvalue weighted by Crippen LogP contribution is -2.42. The Morgan fingerprint density at radius 1 is 1.12 bits per heavy atom. The van der Waals surface area contributed by atoms with Gasteiger partial charge >= 0.3 is 0 Å². The molecule has 25 heavy (non-hydrogen) atoms. The third-order valence-electron chi connectivity index (χ3n) is 5.55. The van der Waals surface area contributed by atoms with E-state index in [1.54, 1.807) is 0 Å². The average molecular weight is 336 g/mol. The highest BCUT2D eigenvalue weighted by molar-refractivity contribution is 5.50. The number of benzene rings is 1. The molecule has 2 aromatic rings. The molecule has 4 rings (SSSR count). The number of hydrogen-bond acceptors (Lipinski definition) is 4. The quantitative estimate of drug-likeness (QED) is 0.900. The molecule has 1 aliphatic heterocycles. The van der Waals surface area contributed by atoms with Gasteiger partial charge < -0.3 is 10.2 Å². The number of aromatic nitrogens is 2. The first-order chi connectivity index (χ1) is 12.0. The van der Waals surface area contributed by atoms with Gasteiger partial charge in [-0.2, -0.15) is 4.98 Å². The predicted molar refractivity (Wildman–Crippen MR) is 103 cm³/mol. The Labute approximate surface area is 150 Å². The number of aryl methyl sites for hydroxylation is 1. The van der Waals surface area contributed by atoms with E-state index in [0.29, 0.717) is 6.04 Å². The molecule has 4 nitrogen and oxygen atoms in total. The third kappa shape index (κ3) is 3.35. The van der Waals surface area contributed by atoms with Crippen molar-refractivity contribution < 1.29 is 0 Å². The molecule has 0 bridgehead atoms. The second-order valence-corrected chi connectivity index (χ2v) is 8.21. The molecule has 1 saturated carbocycles. The molecule has 2 aliphatic rings. The summed E-state index contributed by atoms with van der Waals surface area (Å²) in [6.07, 6.45) is 5.09. The first kappa shape index (κ1) is 16.4. The Morgan fingerprint density at radius 2 is 1.88 bits per heavy atom. The molecule has 0 saturated heterocycles. The second-order valence-electron chi connectivity index (χ2n) is 8.21. The van der Waals surface area contributed by atoms with Crippen molar-refractivity contribution in [2.24, 2.45) is 0 Å². The standard InChI is InChI=1S/C21H28N4/c1-15-12-19(24-20(22-15)23-17-9-5-6-10-17)25-13-16-8-4-7-11-18(16)21(2,3)14-25/h4,7-8,11-12,17H,5-6,9-10,13-14H2,1-3H3,(H,22,23,24). The average Bonchev–Trinajstić information content (AvgIpc) is 3.06. The fourth-order valence-electron chi connectivity index (χ4n) is 4.34. The summed E-state index contributed by atoms with van der Waals surface area (Å²) in [4.78, 5) is 11.9. The van der Waals surface area contributed by atoms with E-state index < -0.39 is 0 Å². The maximum Gasteiger partial charge on any atom is 0.225 e. The highest BCUT2D eigenvalue weighted by Gasteiger charge is 2.32. The van der Waals surface area contributed by atoms with Crippen LogP contribution < -0.4 is 10.2 Å². The van der Waals surface area contributed by atoms with Gasteiger partial charge in [-0.25, -0.2) is 4.98 Å². The fourth-order valence-corrected chi connectivity index (χ4v) is 4.34. The van der Waals surface area contributed by atoms with Crippen molar-refractivity contribution in [2.75, 3.05) is 16.8 Å². The van der Waals surface area contributed by atoms with E-state index in [9.17, 15) is 0 Å². The van der Waals surface area contributed by atoms with Gasteiger partial charge in [0, 0.05) is 36.3 Å². The number of fused-ring (bicyclic) bond motifs is 1. The summed E-state index contributed by atoms with van der Waals surface area (Å²) in [5.41, 5.74) is 4.01. The molecule has 0 atom stereocenters. The van der Waals surface area contributed by atoms with Crippen LogP contribution in [0.3, 0.4) is 0 Å². The highest BCUT2D eigenvalue weighted by Crippen LogP contribution is 2.35. The Hall–Kier alpha value is -2.10. The van der Waals surface area contributed by atoms with Crippen LogP contribution >= 0.6 is 0 Å². The van der Waals surface area contributed by atoms with E-state index in [-0.39, 0.29) is 5.41 Å². The summed E-state index contributed by atoms with van der Waals surface area (Å²) in [5.74, 6) is 1.83. The van der Waals surface area contributed by atoms with Crippen LogP contribution in [-0.4, -0.2) is 22.6 Å². The molecule has 0 radical (unpaired) electrons. The molecule has 0 spiro atoms. The normalized spacial score (nSPS) is 19.7. The van der Waals surface area contributed by atoms with Gasteiger partial charge in [0.25, 0.3) is 0 Å². The predicted octanol–water partition coefficient (Wildman–Crippen LogP) is 4.44. The van der Waals surface area contributed by atoms with Crippen LogP contribution in [0.5, 0.6) is 0 Å². The largest absolute Gasteiger partial charge is 0.351 e. The van der Waals surface area contributed by atoms with Crippen LogP contribution in [0.1, 0.15) is 56.4 Å². The molecule has 1 N–H and O–H groups in total. The zero-order valence-corrected chi connectivity index (χ0v) is 15.5. The molecule has 2 heterocycles. The van der Waals surface area contributed by atoms with Crippen molar-refractivity contribution in [1.29, 1.82) is 0 Å². The molecular weight excluding hydrogens is 308 g/mol. The Morgan fingerprint density at radius 3 is 2.68 bits per heavy atom. The van der Waals surface area contributed by atoms with E-state index in [1.807, 2.05) is 0 Å². The Kier molecular flexibility index (Phi) is 4.14. The van der Waals surface area contributed by atoms with Gasteiger partial charge in [0.1, 0.15) is 5.82 Å². The van der Waals surface area contributed by atoms with E-state index in [0.717, 1.165) is 30.5 Å². The van der Waals surface area contributed by atoms with Crippen LogP contribution in [-0.2, 0) is 12.0 Å². The van der Waals surface area contributed by atoms with Crippen LogP contribution in [0.2, 0.25) is 0 Å². The number of nitrogens with one attached hydrogen (secondary N) is 1. The second kappa shape index (κ2) is 6.32. The summed E-state index contributed by atoms with van der Waals surface area (Å²) < 4.78 is 0. The van der Waals surface area contributed by atoms with Gasteiger partial charge in [-0.3, -0.25) is 0 Å². The van der Waals surface area contributed by atoms with Gasteiger partial charge in [0.05, 0.1) is 0 Å². The Bertz CT molecular complexity index is 762. The monoisotopic (exact) mass is 336 g/mol. The van der Waals surface area contributed by atoms with Gasteiger partial charge in [0.2, 0.25) is 5.95 Å². The summed E-state index contributed by atoms with van der Waals surface area (Å²) in [6.45, 7) is 8.60. The lowest BCUT2D eigenvalue weighted by Gasteiger charge is -2.40. The van der Waals surface area contributed by atoms with Crippen molar-refractivity contribution in [2.45, 2.75) is 64.5 Å². The first-order valence-corrected chi connectivity index (χ1v) is 9.47. The highest BCUT2D eigenvalue weighted by atomic mass is 15.2. The molecule has 0 amide bonds. The van der Waals surface area contributed by atoms with E-state index in [2.05, 4.69) is 66.3 Å². The minimum Gasteiger partial charge on any atom is -0.351 e. The lowest BCUT2D eigenvalue weighted by molar-refractivity contribution is 0.474. The zero-order chi connectivity index (χ0) is 17.4. The van der Waals surface area contributed by atoms with Crippen molar-refractivity contribution in [1.82, 2.24) is 9.97 Å². The molecular formula is C21H28N4. The molecule has 0 unspecified atom stereocenters. The van der Waals surface area contributed by atoms with E-state index in [4.69, 9.17) is 4.98 Å². The van der Waals surface area contributed by atoms with E-state index >= 15 is 0 Å². The van der Waals surface area contributed by atoms with E-state index in [1.165, 1.54) is 36.8 Å². The minimum atomic E-state index is 0.118. The molecule has 1 aromatic carbocycles. The van der Waals surface area contributed by atoms with Crippen LogP contribution in [0, 0.1) is 6.92 Å². The maximum atomic E-state index is 4.86.